The van der Waals surface area contributed by atoms with Gasteiger partial charge in [-0.3, -0.25) is 4.90 Å². The summed E-state index contributed by atoms with van der Waals surface area (Å²) in [7, 11) is 1.68. The topological polar surface area (TPSA) is 66.2 Å². The Morgan fingerprint density at radius 3 is 2.67 bits per heavy atom. The lowest BCUT2D eigenvalue weighted by molar-refractivity contribution is 0.250. The molecular formula is C21H22N2O4. The molecule has 1 saturated heterocycles. The van der Waals surface area contributed by atoms with Crippen LogP contribution in [0.3, 0.4) is 0 Å². The Kier molecular flexibility index (Phi) is 4.73. The summed E-state index contributed by atoms with van der Waals surface area (Å²) >= 11 is 0. The zero-order chi connectivity index (χ0) is 18.8. The number of methoxy groups -OCH3 is 1. The van der Waals surface area contributed by atoms with Crippen LogP contribution in [0.1, 0.15) is 5.56 Å². The second kappa shape index (κ2) is 7.32. The lowest BCUT2D eigenvalue weighted by atomic mass is 10.1. The van der Waals surface area contributed by atoms with Crippen molar-refractivity contribution in [3.8, 4) is 11.5 Å². The third-order valence-electron chi connectivity index (χ3n) is 5.00. The lowest BCUT2D eigenvalue weighted by Crippen LogP contribution is -2.46. The summed E-state index contributed by atoms with van der Waals surface area (Å²) in [5, 5.41) is 10.5. The SMILES string of the molecule is COc1cccc(N2CCN(Cc3cc(=O)oc4cc(O)ccc34)CC2)c1. The Hall–Kier alpha value is -2.99. The second-order valence-electron chi connectivity index (χ2n) is 6.74. The largest absolute Gasteiger partial charge is 0.508 e. The van der Waals surface area contributed by atoms with Gasteiger partial charge in [-0.25, -0.2) is 4.79 Å². The summed E-state index contributed by atoms with van der Waals surface area (Å²) in [6, 6.07) is 14.6. The van der Waals surface area contributed by atoms with E-state index >= 15 is 0 Å². The molecule has 1 fully saturated rings. The predicted molar refractivity (Wildman–Crippen MR) is 105 cm³/mol. The number of hydrogen-bond acceptors (Lipinski definition) is 6. The number of hydrogen-bond donors (Lipinski definition) is 1. The van der Waals surface area contributed by atoms with Crippen molar-refractivity contribution in [3.63, 3.8) is 0 Å². The van der Waals surface area contributed by atoms with Crippen LogP contribution in [-0.2, 0) is 6.54 Å². The number of aromatic hydroxyl groups is 1. The van der Waals surface area contributed by atoms with Crippen molar-refractivity contribution in [2.24, 2.45) is 0 Å². The number of rotatable bonds is 4. The second-order valence-corrected chi connectivity index (χ2v) is 6.74. The number of ether oxygens (including phenoxy) is 1. The molecule has 1 N–H and O–H groups in total. The molecule has 4 rings (SSSR count). The van der Waals surface area contributed by atoms with Gasteiger partial charge in [0.1, 0.15) is 17.1 Å². The molecule has 6 heteroatoms. The van der Waals surface area contributed by atoms with Gasteiger partial charge in [-0.1, -0.05) is 6.07 Å². The number of fused-ring (bicyclic) bond motifs is 1. The van der Waals surface area contributed by atoms with Crippen LogP contribution >= 0.6 is 0 Å². The molecule has 0 bridgehead atoms. The van der Waals surface area contributed by atoms with E-state index in [0.29, 0.717) is 12.1 Å². The zero-order valence-corrected chi connectivity index (χ0v) is 15.2. The van der Waals surface area contributed by atoms with Gasteiger partial charge >= 0.3 is 5.63 Å². The highest BCUT2D eigenvalue weighted by atomic mass is 16.5. The molecule has 2 heterocycles. The maximum absolute atomic E-state index is 11.9. The minimum Gasteiger partial charge on any atom is -0.508 e. The van der Waals surface area contributed by atoms with Gasteiger partial charge < -0.3 is 19.2 Å². The van der Waals surface area contributed by atoms with Gasteiger partial charge in [-0.2, -0.15) is 0 Å². The molecule has 1 aliphatic heterocycles. The normalized spacial score (nSPS) is 15.2. The van der Waals surface area contributed by atoms with Crippen molar-refractivity contribution < 1.29 is 14.3 Å². The van der Waals surface area contributed by atoms with Crippen molar-refractivity contribution in [2.45, 2.75) is 6.54 Å². The van der Waals surface area contributed by atoms with Crippen LogP contribution in [0.15, 0.2) is 57.7 Å². The lowest BCUT2D eigenvalue weighted by Gasteiger charge is -2.36. The standard InChI is InChI=1S/C21H22N2O4/c1-26-18-4-2-3-16(12-18)23-9-7-22(8-10-23)14-15-11-21(25)27-20-13-17(24)5-6-19(15)20/h2-6,11-13,24H,7-10,14H2,1H3. The number of benzene rings is 2. The van der Waals surface area contributed by atoms with E-state index in [4.69, 9.17) is 9.15 Å². The summed E-state index contributed by atoms with van der Waals surface area (Å²) in [5.41, 5.74) is 2.12. The molecule has 0 radical (unpaired) electrons. The van der Waals surface area contributed by atoms with Gasteiger partial charge in [-0.05, 0) is 29.8 Å². The highest BCUT2D eigenvalue weighted by molar-refractivity contribution is 5.81. The quantitative estimate of drug-likeness (QED) is 0.717. The maximum Gasteiger partial charge on any atom is 0.336 e. The fourth-order valence-electron chi connectivity index (χ4n) is 3.56. The van der Waals surface area contributed by atoms with E-state index in [1.54, 1.807) is 25.3 Å². The molecule has 0 atom stereocenters. The molecule has 6 nitrogen and oxygen atoms in total. The van der Waals surface area contributed by atoms with Crippen molar-refractivity contribution >= 4 is 16.7 Å². The maximum atomic E-state index is 11.9. The zero-order valence-electron chi connectivity index (χ0n) is 15.2. The highest BCUT2D eigenvalue weighted by Crippen LogP contribution is 2.25. The van der Waals surface area contributed by atoms with Gasteiger partial charge in [0.25, 0.3) is 0 Å². The number of piperazine rings is 1. The molecule has 2 aromatic carbocycles. The first-order chi connectivity index (χ1) is 13.1. The van der Waals surface area contributed by atoms with Crippen LogP contribution in [0, 0.1) is 0 Å². The summed E-state index contributed by atoms with van der Waals surface area (Å²) in [6.07, 6.45) is 0. The van der Waals surface area contributed by atoms with E-state index in [1.165, 1.54) is 6.07 Å². The van der Waals surface area contributed by atoms with Crippen molar-refractivity contribution in [2.75, 3.05) is 38.2 Å². The molecule has 3 aromatic rings. The van der Waals surface area contributed by atoms with Gasteiger partial charge in [-0.15, -0.1) is 0 Å². The summed E-state index contributed by atoms with van der Waals surface area (Å²) < 4.78 is 10.5. The molecule has 0 spiro atoms. The third kappa shape index (κ3) is 3.75. The average Bonchev–Trinajstić information content (AvgIpc) is 2.68. The molecule has 27 heavy (non-hydrogen) atoms. The summed E-state index contributed by atoms with van der Waals surface area (Å²) in [6.45, 7) is 4.30. The van der Waals surface area contributed by atoms with E-state index in [0.717, 1.165) is 48.6 Å². The molecular weight excluding hydrogens is 344 g/mol. The van der Waals surface area contributed by atoms with Crippen LogP contribution in [0.2, 0.25) is 0 Å². The summed E-state index contributed by atoms with van der Waals surface area (Å²) in [5.74, 6) is 0.954. The number of nitrogens with zero attached hydrogens (tertiary/aromatic N) is 2. The molecule has 140 valence electrons. The van der Waals surface area contributed by atoms with Crippen LogP contribution < -0.4 is 15.3 Å². The van der Waals surface area contributed by atoms with E-state index in [9.17, 15) is 9.90 Å². The van der Waals surface area contributed by atoms with Crippen molar-refractivity contribution in [3.05, 3.63) is 64.5 Å². The van der Waals surface area contributed by atoms with Crippen LogP contribution in [0.25, 0.3) is 11.0 Å². The minimum absolute atomic E-state index is 0.0923. The van der Waals surface area contributed by atoms with Gasteiger partial charge in [0.05, 0.1) is 7.11 Å². The Morgan fingerprint density at radius 1 is 1.07 bits per heavy atom. The third-order valence-corrected chi connectivity index (χ3v) is 5.00. The predicted octanol–water partition coefficient (Wildman–Crippen LogP) is 2.83. The molecule has 1 aliphatic rings. The highest BCUT2D eigenvalue weighted by Gasteiger charge is 2.19. The van der Waals surface area contributed by atoms with Crippen molar-refractivity contribution in [1.82, 2.24) is 4.90 Å². The Balaban J connectivity index is 1.48. The average molecular weight is 366 g/mol. The molecule has 0 saturated carbocycles. The smallest absolute Gasteiger partial charge is 0.336 e. The first-order valence-electron chi connectivity index (χ1n) is 8.99. The van der Waals surface area contributed by atoms with Crippen LogP contribution in [0.4, 0.5) is 5.69 Å². The van der Waals surface area contributed by atoms with E-state index in [-0.39, 0.29) is 5.75 Å². The van der Waals surface area contributed by atoms with Crippen LogP contribution in [-0.4, -0.2) is 43.3 Å². The van der Waals surface area contributed by atoms with Gasteiger partial charge in [0, 0.05) is 62.0 Å². The van der Waals surface area contributed by atoms with Gasteiger partial charge in [0.15, 0.2) is 0 Å². The fourth-order valence-corrected chi connectivity index (χ4v) is 3.56. The van der Waals surface area contributed by atoms with Crippen LogP contribution in [0.5, 0.6) is 11.5 Å². The number of phenolic OH excluding ortho intramolecular Hbond substituents is 1. The van der Waals surface area contributed by atoms with Gasteiger partial charge in [0.2, 0.25) is 0 Å². The molecule has 1 aromatic heterocycles. The number of phenols is 1. The Morgan fingerprint density at radius 2 is 1.89 bits per heavy atom. The van der Waals surface area contributed by atoms with Crippen molar-refractivity contribution in [1.29, 1.82) is 0 Å². The Bertz CT molecular complexity index is 1010. The Labute approximate surface area is 157 Å². The summed E-state index contributed by atoms with van der Waals surface area (Å²) in [4.78, 5) is 16.5. The number of anilines is 1. The fraction of sp³-hybridized carbons (Fsp3) is 0.286. The first kappa shape index (κ1) is 17.4. The molecule has 0 unspecified atom stereocenters. The van der Waals surface area contributed by atoms with E-state index in [2.05, 4.69) is 21.9 Å². The van der Waals surface area contributed by atoms with E-state index in [1.807, 2.05) is 12.1 Å². The van der Waals surface area contributed by atoms with E-state index < -0.39 is 5.63 Å². The molecule has 0 amide bonds. The first-order valence-corrected chi connectivity index (χ1v) is 8.99. The monoisotopic (exact) mass is 366 g/mol. The minimum atomic E-state index is -0.391. The molecule has 0 aliphatic carbocycles.